The van der Waals surface area contributed by atoms with Gasteiger partial charge in [0.05, 0.1) is 0 Å². The summed E-state index contributed by atoms with van der Waals surface area (Å²) in [5.74, 6) is 0. The fourth-order valence-electron chi connectivity index (χ4n) is 2.11. The maximum atomic E-state index is 4.68. The van der Waals surface area contributed by atoms with Gasteiger partial charge in [0.25, 0.3) is 0 Å². The molecule has 1 heterocycles. The molecule has 0 N–H and O–H groups in total. The summed E-state index contributed by atoms with van der Waals surface area (Å²) >= 11 is 0. The number of rotatable bonds is 1. The molecule has 86 valence electrons. The molecule has 0 amide bonds. The fourth-order valence-corrected chi connectivity index (χ4v) is 2.11. The van der Waals surface area contributed by atoms with Crippen LogP contribution in [0, 0.1) is 0 Å². The standard InChI is InChI=1S/C14H25N/c1-2-11-14-12-9-7-5-3-4-6-8-10-13-15-14/h2,11H,3-10,12-13H2,1H3/b11-2-,15-14-. The molecule has 0 spiro atoms. The summed E-state index contributed by atoms with van der Waals surface area (Å²) in [4.78, 5) is 4.68. The molecule has 0 aromatic carbocycles. The first-order valence-electron chi connectivity index (χ1n) is 6.59. The summed E-state index contributed by atoms with van der Waals surface area (Å²) in [6.45, 7) is 3.12. The second kappa shape index (κ2) is 8.70. The third-order valence-corrected chi connectivity index (χ3v) is 3.01. The van der Waals surface area contributed by atoms with E-state index in [0.717, 1.165) is 6.54 Å². The Morgan fingerprint density at radius 2 is 1.47 bits per heavy atom. The molecule has 0 unspecified atom stereocenters. The second-order valence-electron chi connectivity index (χ2n) is 4.45. The SMILES string of the molecule is C/C=C\C1=N\CCCCCCCCCC1. The van der Waals surface area contributed by atoms with E-state index < -0.39 is 0 Å². The molecule has 0 aromatic rings. The number of allylic oxidation sites excluding steroid dienone is 2. The first-order chi connectivity index (χ1) is 7.43. The zero-order valence-corrected chi connectivity index (χ0v) is 10.2. The zero-order chi connectivity index (χ0) is 10.8. The second-order valence-corrected chi connectivity index (χ2v) is 4.45. The summed E-state index contributed by atoms with van der Waals surface area (Å²) in [5, 5.41) is 0. The van der Waals surface area contributed by atoms with Crippen molar-refractivity contribution in [2.75, 3.05) is 6.54 Å². The molecule has 1 aliphatic heterocycles. The Kier molecular flexibility index (Phi) is 7.24. The molecule has 0 radical (unpaired) electrons. The van der Waals surface area contributed by atoms with Gasteiger partial charge in [-0.2, -0.15) is 0 Å². The Labute approximate surface area is 94.7 Å². The van der Waals surface area contributed by atoms with Crippen LogP contribution in [0.2, 0.25) is 0 Å². The Bertz CT molecular complexity index is 203. The minimum Gasteiger partial charge on any atom is -0.290 e. The van der Waals surface area contributed by atoms with Gasteiger partial charge in [-0.3, -0.25) is 4.99 Å². The van der Waals surface area contributed by atoms with E-state index in [1.54, 1.807) is 0 Å². The molecular formula is C14H25N. The number of hydrogen-bond donors (Lipinski definition) is 0. The maximum Gasteiger partial charge on any atom is 0.0392 e. The summed E-state index contributed by atoms with van der Waals surface area (Å²) in [6.07, 6.45) is 16.5. The maximum absolute atomic E-state index is 4.68. The molecule has 0 fully saturated rings. The number of hydrogen-bond acceptors (Lipinski definition) is 1. The molecule has 0 aromatic heterocycles. The molecule has 0 bridgehead atoms. The lowest BCUT2D eigenvalue weighted by molar-refractivity contribution is 0.569. The monoisotopic (exact) mass is 207 g/mol. The third-order valence-electron chi connectivity index (χ3n) is 3.01. The summed E-state index contributed by atoms with van der Waals surface area (Å²) in [6, 6.07) is 0. The average molecular weight is 207 g/mol. The lowest BCUT2D eigenvalue weighted by Crippen LogP contribution is -1.97. The van der Waals surface area contributed by atoms with E-state index in [4.69, 9.17) is 0 Å². The molecule has 1 nitrogen and oxygen atoms in total. The Morgan fingerprint density at radius 3 is 2.13 bits per heavy atom. The smallest absolute Gasteiger partial charge is 0.0392 e. The lowest BCUT2D eigenvalue weighted by atomic mass is 10.0. The van der Waals surface area contributed by atoms with Gasteiger partial charge in [-0.05, 0) is 32.3 Å². The minimum absolute atomic E-state index is 1.04. The van der Waals surface area contributed by atoms with Crippen LogP contribution < -0.4 is 0 Å². The summed E-state index contributed by atoms with van der Waals surface area (Å²) < 4.78 is 0. The molecule has 0 aliphatic carbocycles. The molecular weight excluding hydrogens is 182 g/mol. The van der Waals surface area contributed by atoms with Crippen LogP contribution in [0.5, 0.6) is 0 Å². The van der Waals surface area contributed by atoms with Crippen molar-refractivity contribution in [2.24, 2.45) is 4.99 Å². The molecule has 0 atom stereocenters. The molecule has 1 aliphatic rings. The van der Waals surface area contributed by atoms with Crippen LogP contribution in [0.1, 0.15) is 64.7 Å². The lowest BCUT2D eigenvalue weighted by Gasteiger charge is -2.06. The van der Waals surface area contributed by atoms with E-state index in [1.165, 1.54) is 63.5 Å². The fraction of sp³-hybridized carbons (Fsp3) is 0.786. The van der Waals surface area contributed by atoms with Crippen LogP contribution in [0.4, 0.5) is 0 Å². The number of nitrogens with zero attached hydrogens (tertiary/aromatic N) is 1. The Balaban J connectivity index is 2.38. The van der Waals surface area contributed by atoms with Gasteiger partial charge in [-0.1, -0.05) is 44.6 Å². The molecule has 0 saturated heterocycles. The van der Waals surface area contributed by atoms with Crippen molar-refractivity contribution in [3.63, 3.8) is 0 Å². The first kappa shape index (κ1) is 12.5. The van der Waals surface area contributed by atoms with E-state index in [0.29, 0.717) is 0 Å². The average Bonchev–Trinajstić information content (AvgIpc) is 2.22. The quantitative estimate of drug-likeness (QED) is 0.599. The van der Waals surface area contributed by atoms with Crippen molar-refractivity contribution in [1.29, 1.82) is 0 Å². The normalized spacial score (nSPS) is 25.3. The van der Waals surface area contributed by atoms with Crippen molar-refractivity contribution in [1.82, 2.24) is 0 Å². The summed E-state index contributed by atoms with van der Waals surface area (Å²) in [7, 11) is 0. The van der Waals surface area contributed by atoms with Crippen LogP contribution in [0.15, 0.2) is 17.1 Å². The highest BCUT2D eigenvalue weighted by molar-refractivity contribution is 5.94. The molecule has 1 rings (SSSR count). The van der Waals surface area contributed by atoms with Crippen LogP contribution in [-0.2, 0) is 0 Å². The van der Waals surface area contributed by atoms with Crippen LogP contribution in [0.25, 0.3) is 0 Å². The molecule has 1 heteroatoms. The summed E-state index contributed by atoms with van der Waals surface area (Å²) in [5.41, 5.74) is 1.32. The highest BCUT2D eigenvalue weighted by atomic mass is 14.7. The van der Waals surface area contributed by atoms with Gasteiger partial charge in [-0.25, -0.2) is 0 Å². The number of aliphatic imine (C=N–C) groups is 1. The van der Waals surface area contributed by atoms with Gasteiger partial charge in [0.2, 0.25) is 0 Å². The van der Waals surface area contributed by atoms with E-state index in [9.17, 15) is 0 Å². The predicted octanol–water partition coefficient (Wildman–Crippen LogP) is 4.53. The van der Waals surface area contributed by atoms with Crippen LogP contribution in [-0.4, -0.2) is 12.3 Å². The largest absolute Gasteiger partial charge is 0.290 e. The topological polar surface area (TPSA) is 12.4 Å². The third kappa shape index (κ3) is 6.48. The van der Waals surface area contributed by atoms with Gasteiger partial charge >= 0.3 is 0 Å². The van der Waals surface area contributed by atoms with Gasteiger partial charge in [-0.15, -0.1) is 0 Å². The Morgan fingerprint density at radius 1 is 0.867 bits per heavy atom. The predicted molar refractivity (Wildman–Crippen MR) is 68.7 cm³/mol. The van der Waals surface area contributed by atoms with E-state index in [2.05, 4.69) is 24.1 Å². The first-order valence-corrected chi connectivity index (χ1v) is 6.59. The molecule has 15 heavy (non-hydrogen) atoms. The van der Waals surface area contributed by atoms with E-state index >= 15 is 0 Å². The van der Waals surface area contributed by atoms with Crippen LogP contribution in [0.3, 0.4) is 0 Å². The Hall–Kier alpha value is -0.590. The molecule has 0 saturated carbocycles. The van der Waals surface area contributed by atoms with Crippen molar-refractivity contribution >= 4 is 5.71 Å². The van der Waals surface area contributed by atoms with Gasteiger partial charge < -0.3 is 0 Å². The van der Waals surface area contributed by atoms with Gasteiger partial charge in [0.15, 0.2) is 0 Å². The van der Waals surface area contributed by atoms with Crippen molar-refractivity contribution < 1.29 is 0 Å². The van der Waals surface area contributed by atoms with E-state index in [-0.39, 0.29) is 0 Å². The zero-order valence-electron chi connectivity index (χ0n) is 10.2. The van der Waals surface area contributed by atoms with Crippen molar-refractivity contribution in [2.45, 2.75) is 64.7 Å². The highest BCUT2D eigenvalue weighted by Crippen LogP contribution is 2.12. The van der Waals surface area contributed by atoms with E-state index in [1.807, 2.05) is 0 Å². The van der Waals surface area contributed by atoms with Gasteiger partial charge in [0.1, 0.15) is 0 Å². The highest BCUT2D eigenvalue weighted by Gasteiger charge is 1.98. The van der Waals surface area contributed by atoms with Crippen molar-refractivity contribution in [3.8, 4) is 0 Å². The minimum atomic E-state index is 1.04. The van der Waals surface area contributed by atoms with Gasteiger partial charge in [0, 0.05) is 12.3 Å². The van der Waals surface area contributed by atoms with Crippen LogP contribution >= 0.6 is 0 Å². The van der Waals surface area contributed by atoms with Crippen molar-refractivity contribution in [3.05, 3.63) is 12.2 Å².